The maximum atomic E-state index is 12.0. The normalized spacial score (nSPS) is 20.2. The first-order chi connectivity index (χ1) is 7.58. The maximum absolute atomic E-state index is 12.0. The van der Waals surface area contributed by atoms with Crippen molar-refractivity contribution >= 4 is 27.7 Å². The first kappa shape index (κ1) is 11.3. The van der Waals surface area contributed by atoms with E-state index in [0.717, 1.165) is 4.47 Å². The number of carbonyl (C=O) groups is 2. The van der Waals surface area contributed by atoms with Crippen LogP contribution in [0.25, 0.3) is 0 Å². The molecule has 1 heterocycles. The second-order valence-corrected chi connectivity index (χ2v) is 5.04. The molecular weight excluding hydrogens is 270 g/mol. The van der Waals surface area contributed by atoms with E-state index in [-0.39, 0.29) is 17.7 Å². The van der Waals surface area contributed by atoms with Gasteiger partial charge in [-0.1, -0.05) is 28.9 Å². The SMILES string of the molecule is CC1CC(=O)N(C(=O)c2cccc(Br)c2)C1. The number of likely N-dealkylation sites (tertiary alicyclic amines) is 1. The van der Waals surface area contributed by atoms with E-state index in [0.29, 0.717) is 18.5 Å². The number of rotatable bonds is 1. The minimum atomic E-state index is -0.198. The molecule has 1 aromatic rings. The van der Waals surface area contributed by atoms with Gasteiger partial charge >= 0.3 is 0 Å². The molecule has 0 spiro atoms. The predicted molar refractivity (Wildman–Crippen MR) is 64.0 cm³/mol. The van der Waals surface area contributed by atoms with Gasteiger partial charge in [-0.25, -0.2) is 0 Å². The molecule has 1 saturated heterocycles. The Balaban J connectivity index is 2.23. The van der Waals surface area contributed by atoms with Crippen molar-refractivity contribution in [1.29, 1.82) is 0 Å². The highest BCUT2D eigenvalue weighted by molar-refractivity contribution is 9.10. The fourth-order valence-corrected chi connectivity index (χ4v) is 2.26. The van der Waals surface area contributed by atoms with Crippen LogP contribution >= 0.6 is 15.9 Å². The van der Waals surface area contributed by atoms with Gasteiger partial charge in [-0.2, -0.15) is 0 Å². The van der Waals surface area contributed by atoms with Gasteiger partial charge in [-0.05, 0) is 24.1 Å². The van der Waals surface area contributed by atoms with Crippen LogP contribution in [-0.2, 0) is 4.79 Å². The zero-order valence-corrected chi connectivity index (χ0v) is 10.5. The van der Waals surface area contributed by atoms with Crippen LogP contribution in [0.2, 0.25) is 0 Å². The molecule has 2 rings (SSSR count). The van der Waals surface area contributed by atoms with Crippen LogP contribution in [0.3, 0.4) is 0 Å². The van der Waals surface area contributed by atoms with E-state index in [1.807, 2.05) is 13.0 Å². The molecule has 0 radical (unpaired) electrons. The fraction of sp³-hybridized carbons (Fsp3) is 0.333. The van der Waals surface area contributed by atoms with E-state index in [1.165, 1.54) is 4.90 Å². The van der Waals surface area contributed by atoms with Crippen molar-refractivity contribution in [1.82, 2.24) is 4.90 Å². The van der Waals surface area contributed by atoms with Gasteiger partial charge in [0.15, 0.2) is 0 Å². The lowest BCUT2D eigenvalue weighted by atomic mass is 10.2. The Kier molecular flexibility index (Phi) is 3.10. The van der Waals surface area contributed by atoms with Crippen molar-refractivity contribution in [3.63, 3.8) is 0 Å². The van der Waals surface area contributed by atoms with Crippen LogP contribution in [0, 0.1) is 5.92 Å². The van der Waals surface area contributed by atoms with E-state index < -0.39 is 0 Å². The molecule has 1 aliphatic heterocycles. The standard InChI is InChI=1S/C12H12BrNO2/c1-8-5-11(15)14(7-8)12(16)9-3-2-4-10(13)6-9/h2-4,6,8H,5,7H2,1H3. The number of nitrogens with zero attached hydrogens (tertiary/aromatic N) is 1. The summed E-state index contributed by atoms with van der Waals surface area (Å²) in [5.41, 5.74) is 0.553. The largest absolute Gasteiger partial charge is 0.278 e. The molecule has 0 bridgehead atoms. The molecule has 1 fully saturated rings. The number of hydrogen-bond donors (Lipinski definition) is 0. The van der Waals surface area contributed by atoms with E-state index in [9.17, 15) is 9.59 Å². The molecule has 84 valence electrons. The summed E-state index contributed by atoms with van der Waals surface area (Å²) in [6, 6.07) is 7.11. The van der Waals surface area contributed by atoms with Gasteiger partial charge in [-0.3, -0.25) is 14.5 Å². The molecule has 4 heteroatoms. The van der Waals surface area contributed by atoms with Crippen LogP contribution in [0.5, 0.6) is 0 Å². The number of hydrogen-bond acceptors (Lipinski definition) is 2. The molecule has 1 atom stereocenters. The van der Waals surface area contributed by atoms with Crippen LogP contribution in [-0.4, -0.2) is 23.3 Å². The average molecular weight is 282 g/mol. The number of amides is 2. The highest BCUT2D eigenvalue weighted by Crippen LogP contribution is 2.20. The van der Waals surface area contributed by atoms with Crippen LogP contribution < -0.4 is 0 Å². The second kappa shape index (κ2) is 4.37. The minimum absolute atomic E-state index is 0.0718. The Morgan fingerprint density at radius 1 is 1.50 bits per heavy atom. The highest BCUT2D eigenvalue weighted by Gasteiger charge is 2.31. The third-order valence-electron chi connectivity index (χ3n) is 2.64. The number of benzene rings is 1. The summed E-state index contributed by atoms with van der Waals surface area (Å²) in [7, 11) is 0. The molecule has 0 N–H and O–H groups in total. The Labute approximate surface area is 103 Å². The molecule has 3 nitrogen and oxygen atoms in total. The van der Waals surface area contributed by atoms with Crippen LogP contribution in [0.4, 0.5) is 0 Å². The summed E-state index contributed by atoms with van der Waals surface area (Å²) >= 11 is 3.31. The molecule has 1 aliphatic rings. The number of imide groups is 1. The van der Waals surface area contributed by atoms with Crippen LogP contribution in [0.15, 0.2) is 28.7 Å². The zero-order valence-electron chi connectivity index (χ0n) is 8.94. The van der Waals surface area contributed by atoms with Gasteiger partial charge in [0.05, 0.1) is 0 Å². The van der Waals surface area contributed by atoms with Crippen LogP contribution in [0.1, 0.15) is 23.7 Å². The first-order valence-corrected chi connectivity index (χ1v) is 5.97. The number of carbonyl (C=O) groups excluding carboxylic acids is 2. The van der Waals surface area contributed by atoms with Crippen molar-refractivity contribution in [3.05, 3.63) is 34.3 Å². The zero-order chi connectivity index (χ0) is 11.7. The molecular formula is C12H12BrNO2. The number of halogens is 1. The lowest BCUT2D eigenvalue weighted by molar-refractivity contribution is -0.125. The van der Waals surface area contributed by atoms with Gasteiger partial charge in [0.25, 0.3) is 5.91 Å². The maximum Gasteiger partial charge on any atom is 0.260 e. The van der Waals surface area contributed by atoms with Crippen molar-refractivity contribution in [2.45, 2.75) is 13.3 Å². The first-order valence-electron chi connectivity index (χ1n) is 5.18. The topological polar surface area (TPSA) is 37.4 Å². The third-order valence-corrected chi connectivity index (χ3v) is 3.13. The summed E-state index contributed by atoms with van der Waals surface area (Å²) in [6.45, 7) is 2.51. The van der Waals surface area contributed by atoms with Gasteiger partial charge in [0.2, 0.25) is 5.91 Å². The Hall–Kier alpha value is -1.16. The van der Waals surface area contributed by atoms with E-state index >= 15 is 0 Å². The molecule has 0 saturated carbocycles. The summed E-state index contributed by atoms with van der Waals surface area (Å²) < 4.78 is 0.845. The lowest BCUT2D eigenvalue weighted by Crippen LogP contribution is -2.32. The van der Waals surface area contributed by atoms with Crippen molar-refractivity contribution in [3.8, 4) is 0 Å². The molecule has 16 heavy (non-hydrogen) atoms. The summed E-state index contributed by atoms with van der Waals surface area (Å²) in [5.74, 6) is -0.00303. The molecule has 2 amide bonds. The average Bonchev–Trinajstić information content (AvgIpc) is 2.57. The second-order valence-electron chi connectivity index (χ2n) is 4.13. The van der Waals surface area contributed by atoms with Gasteiger partial charge in [-0.15, -0.1) is 0 Å². The highest BCUT2D eigenvalue weighted by atomic mass is 79.9. The smallest absolute Gasteiger partial charge is 0.260 e. The van der Waals surface area contributed by atoms with E-state index in [1.54, 1.807) is 18.2 Å². The summed E-state index contributed by atoms with van der Waals surface area (Å²) in [4.78, 5) is 25.0. The Morgan fingerprint density at radius 3 is 2.81 bits per heavy atom. The monoisotopic (exact) mass is 281 g/mol. The van der Waals surface area contributed by atoms with Crippen molar-refractivity contribution < 1.29 is 9.59 Å². The van der Waals surface area contributed by atoms with Crippen molar-refractivity contribution in [2.24, 2.45) is 5.92 Å². The molecule has 1 unspecified atom stereocenters. The molecule has 0 aliphatic carbocycles. The van der Waals surface area contributed by atoms with Gasteiger partial charge < -0.3 is 0 Å². The van der Waals surface area contributed by atoms with E-state index in [2.05, 4.69) is 15.9 Å². The molecule has 1 aromatic carbocycles. The fourth-order valence-electron chi connectivity index (χ4n) is 1.86. The lowest BCUT2D eigenvalue weighted by Gasteiger charge is -2.14. The summed E-state index contributed by atoms with van der Waals surface area (Å²) in [5, 5.41) is 0. The predicted octanol–water partition coefficient (Wildman–Crippen LogP) is 2.46. The van der Waals surface area contributed by atoms with Crippen molar-refractivity contribution in [2.75, 3.05) is 6.54 Å². The third kappa shape index (κ3) is 2.16. The Bertz CT molecular complexity index is 444. The summed E-state index contributed by atoms with van der Waals surface area (Å²) in [6.07, 6.45) is 0.472. The van der Waals surface area contributed by atoms with Gasteiger partial charge in [0.1, 0.15) is 0 Å². The van der Waals surface area contributed by atoms with Gasteiger partial charge in [0, 0.05) is 23.0 Å². The Morgan fingerprint density at radius 2 is 2.25 bits per heavy atom. The quantitative estimate of drug-likeness (QED) is 0.742. The molecule has 0 aromatic heterocycles. The van der Waals surface area contributed by atoms with E-state index in [4.69, 9.17) is 0 Å². The minimum Gasteiger partial charge on any atom is -0.278 e.